The van der Waals surface area contributed by atoms with Gasteiger partial charge in [-0.1, -0.05) is 0 Å². The normalized spacial score (nSPS) is 10.6. The molecule has 19 heavy (non-hydrogen) atoms. The van der Waals surface area contributed by atoms with Crippen LogP contribution in [0.4, 0.5) is 5.82 Å². The molecule has 0 spiro atoms. The summed E-state index contributed by atoms with van der Waals surface area (Å²) >= 11 is 0. The van der Waals surface area contributed by atoms with Crippen molar-refractivity contribution in [3.63, 3.8) is 0 Å². The lowest BCUT2D eigenvalue weighted by molar-refractivity contribution is 0.354. The van der Waals surface area contributed by atoms with E-state index >= 15 is 0 Å². The van der Waals surface area contributed by atoms with E-state index in [4.69, 9.17) is 15.2 Å². The number of nitrogens with two attached hydrogens (primary N) is 1. The minimum Gasteiger partial charge on any atom is -0.493 e. The lowest BCUT2D eigenvalue weighted by atomic mass is 9.99. The molecule has 0 amide bonds. The first kappa shape index (κ1) is 13.3. The van der Waals surface area contributed by atoms with Crippen LogP contribution in [-0.4, -0.2) is 24.0 Å². The largest absolute Gasteiger partial charge is 0.493 e. The molecule has 0 atom stereocenters. The predicted molar refractivity (Wildman–Crippen MR) is 75.6 cm³/mol. The lowest BCUT2D eigenvalue weighted by Crippen LogP contribution is -2.01. The van der Waals surface area contributed by atoms with Crippen molar-refractivity contribution < 1.29 is 9.47 Å². The van der Waals surface area contributed by atoms with Gasteiger partial charge < -0.3 is 15.2 Å². The molecule has 1 aromatic heterocycles. The molecule has 2 aromatic rings. The molecule has 1 heterocycles. The summed E-state index contributed by atoms with van der Waals surface area (Å²) in [5.74, 6) is 2.02. The second-order valence-electron chi connectivity index (χ2n) is 4.50. The van der Waals surface area contributed by atoms with Gasteiger partial charge in [-0.05, 0) is 31.0 Å². The maximum absolute atomic E-state index is 6.04. The van der Waals surface area contributed by atoms with Gasteiger partial charge in [0.05, 0.1) is 20.4 Å². The Labute approximate surface area is 112 Å². The van der Waals surface area contributed by atoms with Crippen molar-refractivity contribution in [2.24, 2.45) is 7.05 Å². The zero-order valence-electron chi connectivity index (χ0n) is 11.9. The zero-order chi connectivity index (χ0) is 14.2. The summed E-state index contributed by atoms with van der Waals surface area (Å²) in [6.07, 6.45) is 1.74. The molecule has 5 heteroatoms. The van der Waals surface area contributed by atoms with Crippen LogP contribution in [0.15, 0.2) is 12.3 Å². The summed E-state index contributed by atoms with van der Waals surface area (Å²) < 4.78 is 12.6. The second kappa shape index (κ2) is 4.84. The third kappa shape index (κ3) is 2.01. The number of anilines is 1. The molecule has 5 nitrogen and oxygen atoms in total. The minimum absolute atomic E-state index is 0.601. The Kier molecular flexibility index (Phi) is 3.38. The number of nitrogens with zero attached hydrogens (tertiary/aromatic N) is 2. The fraction of sp³-hybridized carbons (Fsp3) is 0.357. The summed E-state index contributed by atoms with van der Waals surface area (Å²) in [7, 11) is 5.08. The van der Waals surface area contributed by atoms with Gasteiger partial charge in [-0.25, -0.2) is 0 Å². The van der Waals surface area contributed by atoms with Crippen LogP contribution in [0.3, 0.4) is 0 Å². The third-order valence-corrected chi connectivity index (χ3v) is 3.43. The Morgan fingerprint density at radius 1 is 1.11 bits per heavy atom. The van der Waals surface area contributed by atoms with E-state index < -0.39 is 0 Å². The number of aryl methyl sites for hydroxylation is 2. The Hall–Kier alpha value is -2.17. The number of hydrogen-bond donors (Lipinski definition) is 1. The van der Waals surface area contributed by atoms with E-state index in [2.05, 4.69) is 5.10 Å². The summed E-state index contributed by atoms with van der Waals surface area (Å²) in [4.78, 5) is 0. The highest BCUT2D eigenvalue weighted by Gasteiger charge is 2.19. The number of aromatic nitrogens is 2. The van der Waals surface area contributed by atoms with Crippen molar-refractivity contribution in [3.05, 3.63) is 23.4 Å². The molecule has 0 bridgehead atoms. The van der Waals surface area contributed by atoms with Crippen LogP contribution in [0, 0.1) is 13.8 Å². The topological polar surface area (TPSA) is 62.3 Å². The molecule has 1 aromatic carbocycles. The van der Waals surface area contributed by atoms with Crippen molar-refractivity contribution >= 4 is 5.82 Å². The molecule has 0 aliphatic heterocycles. The number of benzene rings is 1. The smallest absolute Gasteiger partial charge is 0.169 e. The molecule has 0 saturated heterocycles. The number of methoxy groups -OCH3 is 2. The third-order valence-electron chi connectivity index (χ3n) is 3.43. The van der Waals surface area contributed by atoms with E-state index in [1.165, 1.54) is 0 Å². The first-order chi connectivity index (χ1) is 9.01. The number of hydrogen-bond acceptors (Lipinski definition) is 4. The van der Waals surface area contributed by atoms with E-state index in [1.54, 1.807) is 25.1 Å². The monoisotopic (exact) mass is 261 g/mol. The van der Waals surface area contributed by atoms with Crippen molar-refractivity contribution in [3.8, 4) is 22.6 Å². The molecule has 102 valence electrons. The van der Waals surface area contributed by atoms with Crippen LogP contribution in [0.5, 0.6) is 11.5 Å². The van der Waals surface area contributed by atoms with E-state index in [-0.39, 0.29) is 0 Å². The van der Waals surface area contributed by atoms with E-state index in [1.807, 2.05) is 27.0 Å². The molecule has 0 aliphatic carbocycles. The Balaban J connectivity index is 2.76. The lowest BCUT2D eigenvalue weighted by Gasteiger charge is -2.16. The van der Waals surface area contributed by atoms with Crippen LogP contribution < -0.4 is 15.2 Å². The molecule has 0 radical (unpaired) electrons. The molecular weight excluding hydrogens is 242 g/mol. The van der Waals surface area contributed by atoms with Gasteiger partial charge in [0.2, 0.25) is 0 Å². The SMILES string of the molecule is COc1c(-c2cnn(C)c2N)cc(C)c(C)c1OC. The first-order valence-electron chi connectivity index (χ1n) is 6.01. The molecule has 2 N–H and O–H groups in total. The average molecular weight is 261 g/mol. The van der Waals surface area contributed by atoms with E-state index in [0.717, 1.165) is 28.0 Å². The van der Waals surface area contributed by atoms with Crippen molar-refractivity contribution in [2.45, 2.75) is 13.8 Å². The number of nitrogen functional groups attached to an aromatic ring is 1. The van der Waals surface area contributed by atoms with E-state index in [0.29, 0.717) is 11.6 Å². The minimum atomic E-state index is 0.601. The summed E-state index contributed by atoms with van der Waals surface area (Å²) in [5.41, 5.74) is 9.97. The quantitative estimate of drug-likeness (QED) is 0.921. The Morgan fingerprint density at radius 3 is 2.21 bits per heavy atom. The Morgan fingerprint density at radius 2 is 1.74 bits per heavy atom. The highest BCUT2D eigenvalue weighted by Crippen LogP contribution is 2.43. The highest BCUT2D eigenvalue weighted by molar-refractivity contribution is 5.82. The fourth-order valence-corrected chi connectivity index (χ4v) is 2.17. The summed E-state index contributed by atoms with van der Waals surface area (Å²) in [5, 5.41) is 4.17. The number of rotatable bonds is 3. The number of ether oxygens (including phenoxy) is 2. The molecule has 0 fully saturated rings. The molecule has 2 rings (SSSR count). The van der Waals surface area contributed by atoms with Gasteiger partial charge in [-0.2, -0.15) is 5.10 Å². The first-order valence-corrected chi connectivity index (χ1v) is 6.01. The van der Waals surface area contributed by atoms with Gasteiger partial charge in [0.1, 0.15) is 5.82 Å². The van der Waals surface area contributed by atoms with Crippen molar-refractivity contribution in [1.82, 2.24) is 9.78 Å². The van der Waals surface area contributed by atoms with Crippen LogP contribution in [0.25, 0.3) is 11.1 Å². The van der Waals surface area contributed by atoms with Gasteiger partial charge in [0.25, 0.3) is 0 Å². The van der Waals surface area contributed by atoms with Gasteiger partial charge in [-0.3, -0.25) is 4.68 Å². The average Bonchev–Trinajstić information content (AvgIpc) is 2.72. The van der Waals surface area contributed by atoms with Crippen LogP contribution in [-0.2, 0) is 7.05 Å². The van der Waals surface area contributed by atoms with Gasteiger partial charge in [-0.15, -0.1) is 0 Å². The van der Waals surface area contributed by atoms with Crippen molar-refractivity contribution in [2.75, 3.05) is 20.0 Å². The maximum atomic E-state index is 6.04. The molecule has 0 aliphatic rings. The van der Waals surface area contributed by atoms with Crippen LogP contribution in [0.1, 0.15) is 11.1 Å². The molecule has 0 unspecified atom stereocenters. The highest BCUT2D eigenvalue weighted by atomic mass is 16.5. The molecule has 0 saturated carbocycles. The summed E-state index contributed by atoms with van der Waals surface area (Å²) in [6.45, 7) is 4.04. The zero-order valence-corrected chi connectivity index (χ0v) is 11.9. The van der Waals surface area contributed by atoms with Crippen LogP contribution in [0.2, 0.25) is 0 Å². The fourth-order valence-electron chi connectivity index (χ4n) is 2.17. The Bertz CT molecular complexity index is 618. The van der Waals surface area contributed by atoms with E-state index in [9.17, 15) is 0 Å². The maximum Gasteiger partial charge on any atom is 0.169 e. The van der Waals surface area contributed by atoms with Gasteiger partial charge in [0.15, 0.2) is 11.5 Å². The van der Waals surface area contributed by atoms with Gasteiger partial charge >= 0.3 is 0 Å². The standard InChI is InChI=1S/C14H19N3O2/c1-8-6-10(11-7-16-17(3)14(11)15)13(19-5)12(18-4)9(8)2/h6-7H,15H2,1-5H3. The molecular formula is C14H19N3O2. The predicted octanol–water partition coefficient (Wildman–Crippen LogP) is 2.30. The van der Waals surface area contributed by atoms with Crippen molar-refractivity contribution in [1.29, 1.82) is 0 Å². The second-order valence-corrected chi connectivity index (χ2v) is 4.50. The van der Waals surface area contributed by atoms with Gasteiger partial charge in [0, 0.05) is 18.2 Å². The summed E-state index contributed by atoms with van der Waals surface area (Å²) in [6, 6.07) is 2.05. The van der Waals surface area contributed by atoms with Crippen LogP contribution >= 0.6 is 0 Å².